The molecule has 1 heterocycles. The first-order valence-corrected chi connectivity index (χ1v) is 5.04. The lowest BCUT2D eigenvalue weighted by Gasteiger charge is -1.96. The number of H-pyrrole nitrogens is 2. The van der Waals surface area contributed by atoms with Crippen LogP contribution < -0.4 is 5.69 Å². The van der Waals surface area contributed by atoms with E-state index in [1.807, 2.05) is 0 Å². The Morgan fingerprint density at radius 2 is 2.38 bits per heavy atom. The normalized spacial score (nSPS) is 26.2. The molecule has 1 saturated carbocycles. The van der Waals surface area contributed by atoms with Crippen LogP contribution in [0.15, 0.2) is 4.79 Å². The van der Waals surface area contributed by atoms with Gasteiger partial charge in [-0.1, -0.05) is 13.3 Å². The highest BCUT2D eigenvalue weighted by molar-refractivity contribution is 7.71. The van der Waals surface area contributed by atoms with Crippen molar-refractivity contribution in [1.29, 1.82) is 0 Å². The molecule has 1 aliphatic carbocycles. The molecule has 1 aliphatic rings. The quantitative estimate of drug-likeness (QED) is 0.726. The molecule has 0 aliphatic heterocycles. The highest BCUT2D eigenvalue weighted by atomic mass is 32.1. The van der Waals surface area contributed by atoms with Gasteiger partial charge in [0.05, 0.1) is 0 Å². The van der Waals surface area contributed by atoms with E-state index in [-0.39, 0.29) is 5.69 Å². The number of aromatic amines is 2. The van der Waals surface area contributed by atoms with Gasteiger partial charge in [-0.2, -0.15) is 0 Å². The van der Waals surface area contributed by atoms with E-state index in [4.69, 9.17) is 12.2 Å². The van der Waals surface area contributed by atoms with E-state index in [9.17, 15) is 4.79 Å². The molecule has 0 bridgehead atoms. The average Bonchev–Trinajstić information content (AvgIpc) is 2.74. The summed E-state index contributed by atoms with van der Waals surface area (Å²) in [7, 11) is 0. The molecule has 2 N–H and O–H groups in total. The van der Waals surface area contributed by atoms with Gasteiger partial charge >= 0.3 is 5.69 Å². The summed E-state index contributed by atoms with van der Waals surface area (Å²) in [4.78, 5) is 11.3. The van der Waals surface area contributed by atoms with E-state index in [0.29, 0.717) is 16.7 Å². The Morgan fingerprint density at radius 1 is 1.62 bits per heavy atom. The van der Waals surface area contributed by atoms with Gasteiger partial charge in [-0.05, 0) is 31.0 Å². The SMILES string of the molecule is CCCC1CC1n1c(=O)[nH][nH]c1=S. The molecule has 0 radical (unpaired) electrons. The van der Waals surface area contributed by atoms with E-state index >= 15 is 0 Å². The molecule has 72 valence electrons. The standard InChI is InChI=1S/C8H13N3OS/c1-2-3-5-4-6(5)11-7(12)9-10-8(11)13/h5-6H,2-4H2,1H3,(H,9,12)(H,10,13). The zero-order valence-electron chi connectivity index (χ0n) is 7.54. The Labute approximate surface area is 81.0 Å². The van der Waals surface area contributed by atoms with Crippen LogP contribution in [-0.4, -0.2) is 14.8 Å². The van der Waals surface area contributed by atoms with Gasteiger partial charge in [-0.3, -0.25) is 9.67 Å². The number of hydrogen-bond donors (Lipinski definition) is 2. The highest BCUT2D eigenvalue weighted by Crippen LogP contribution is 2.45. The molecule has 5 heteroatoms. The van der Waals surface area contributed by atoms with Crippen LogP contribution in [0.4, 0.5) is 0 Å². The lowest BCUT2D eigenvalue weighted by atomic mass is 10.2. The lowest BCUT2D eigenvalue weighted by molar-refractivity contribution is 0.591. The molecule has 13 heavy (non-hydrogen) atoms. The van der Waals surface area contributed by atoms with Crippen molar-refractivity contribution in [2.24, 2.45) is 5.92 Å². The number of rotatable bonds is 3. The van der Waals surface area contributed by atoms with Gasteiger partial charge in [-0.15, -0.1) is 0 Å². The molecule has 2 unspecified atom stereocenters. The molecule has 2 atom stereocenters. The summed E-state index contributed by atoms with van der Waals surface area (Å²) in [5.74, 6) is 0.661. The molecule has 0 spiro atoms. The van der Waals surface area contributed by atoms with Gasteiger partial charge in [0.2, 0.25) is 0 Å². The summed E-state index contributed by atoms with van der Waals surface area (Å²) in [6, 6.07) is 0.349. The highest BCUT2D eigenvalue weighted by Gasteiger charge is 2.39. The van der Waals surface area contributed by atoms with Crippen molar-refractivity contribution in [2.75, 3.05) is 0 Å². The minimum Gasteiger partial charge on any atom is -0.272 e. The Balaban J connectivity index is 2.20. The molecule has 2 rings (SSSR count). The van der Waals surface area contributed by atoms with Crippen molar-refractivity contribution < 1.29 is 0 Å². The zero-order chi connectivity index (χ0) is 9.42. The van der Waals surface area contributed by atoms with Gasteiger partial charge in [0.25, 0.3) is 0 Å². The van der Waals surface area contributed by atoms with Crippen molar-refractivity contribution in [2.45, 2.75) is 32.2 Å². The monoisotopic (exact) mass is 199 g/mol. The van der Waals surface area contributed by atoms with Crippen LogP contribution in [0, 0.1) is 10.7 Å². The molecule has 1 aromatic heterocycles. The zero-order valence-corrected chi connectivity index (χ0v) is 8.36. The first-order chi connectivity index (χ1) is 6.24. The van der Waals surface area contributed by atoms with Crippen LogP contribution in [0.1, 0.15) is 32.2 Å². The van der Waals surface area contributed by atoms with Crippen LogP contribution in [0.25, 0.3) is 0 Å². The Hall–Kier alpha value is -0.840. The Bertz CT molecular complexity index is 375. The van der Waals surface area contributed by atoms with E-state index in [1.165, 1.54) is 12.8 Å². The van der Waals surface area contributed by atoms with Gasteiger partial charge in [0.1, 0.15) is 0 Å². The van der Waals surface area contributed by atoms with Gasteiger partial charge in [-0.25, -0.2) is 9.89 Å². The summed E-state index contributed by atoms with van der Waals surface area (Å²) in [6.07, 6.45) is 3.47. The number of aromatic nitrogens is 3. The van der Waals surface area contributed by atoms with Crippen molar-refractivity contribution in [3.63, 3.8) is 0 Å². The molecular formula is C8H13N3OS. The maximum absolute atomic E-state index is 11.3. The minimum atomic E-state index is -0.103. The van der Waals surface area contributed by atoms with Gasteiger partial charge in [0, 0.05) is 6.04 Å². The second kappa shape index (κ2) is 3.14. The van der Waals surface area contributed by atoms with E-state index in [1.54, 1.807) is 4.57 Å². The van der Waals surface area contributed by atoms with Crippen LogP contribution in [0.2, 0.25) is 0 Å². The first kappa shape index (κ1) is 8.74. The largest absolute Gasteiger partial charge is 0.342 e. The molecule has 1 fully saturated rings. The van der Waals surface area contributed by atoms with Crippen molar-refractivity contribution >= 4 is 12.2 Å². The predicted octanol–water partition coefficient (Wildman–Crippen LogP) is 1.60. The molecule has 0 saturated heterocycles. The molecule has 1 aromatic rings. The van der Waals surface area contributed by atoms with Crippen molar-refractivity contribution in [3.05, 3.63) is 15.3 Å². The number of nitrogens with one attached hydrogen (secondary N) is 2. The van der Waals surface area contributed by atoms with Gasteiger partial charge in [0.15, 0.2) is 4.77 Å². The van der Waals surface area contributed by atoms with Gasteiger partial charge < -0.3 is 0 Å². The fraction of sp³-hybridized carbons (Fsp3) is 0.750. The second-order valence-corrected chi connectivity index (χ2v) is 3.97. The summed E-state index contributed by atoms with van der Waals surface area (Å²) < 4.78 is 2.18. The summed E-state index contributed by atoms with van der Waals surface area (Å²) in [6.45, 7) is 2.16. The molecule has 4 nitrogen and oxygen atoms in total. The molecular weight excluding hydrogens is 186 g/mol. The predicted molar refractivity (Wildman–Crippen MR) is 52.3 cm³/mol. The second-order valence-electron chi connectivity index (χ2n) is 3.58. The Morgan fingerprint density at radius 3 is 2.92 bits per heavy atom. The maximum atomic E-state index is 11.3. The minimum absolute atomic E-state index is 0.103. The van der Waals surface area contributed by atoms with Crippen LogP contribution in [0.5, 0.6) is 0 Å². The summed E-state index contributed by atoms with van der Waals surface area (Å²) in [5, 5.41) is 5.16. The maximum Gasteiger partial charge on any atom is 0.342 e. The third-order valence-electron chi connectivity index (χ3n) is 2.59. The lowest BCUT2D eigenvalue weighted by Crippen LogP contribution is -2.16. The fourth-order valence-corrected chi connectivity index (χ4v) is 2.12. The topological polar surface area (TPSA) is 53.6 Å². The smallest absolute Gasteiger partial charge is 0.272 e. The number of hydrogen-bond acceptors (Lipinski definition) is 2. The summed E-state index contributed by atoms with van der Waals surface area (Å²) >= 11 is 5.00. The van der Waals surface area contributed by atoms with E-state index < -0.39 is 0 Å². The first-order valence-electron chi connectivity index (χ1n) is 4.63. The van der Waals surface area contributed by atoms with Crippen LogP contribution in [-0.2, 0) is 0 Å². The van der Waals surface area contributed by atoms with Crippen molar-refractivity contribution in [1.82, 2.24) is 14.8 Å². The van der Waals surface area contributed by atoms with Crippen molar-refractivity contribution in [3.8, 4) is 0 Å². The average molecular weight is 199 g/mol. The number of nitrogens with zero attached hydrogens (tertiary/aromatic N) is 1. The summed E-state index contributed by atoms with van der Waals surface area (Å²) in [5.41, 5.74) is -0.103. The molecule has 0 amide bonds. The third-order valence-corrected chi connectivity index (χ3v) is 2.89. The van der Waals surface area contributed by atoms with E-state index in [0.717, 1.165) is 6.42 Å². The third kappa shape index (κ3) is 1.48. The fourth-order valence-electron chi connectivity index (χ4n) is 1.85. The van der Waals surface area contributed by atoms with E-state index in [2.05, 4.69) is 17.1 Å². The molecule has 0 aromatic carbocycles. The Kier molecular flexibility index (Phi) is 2.11. The van der Waals surface area contributed by atoms with Crippen LogP contribution in [0.3, 0.4) is 0 Å². The van der Waals surface area contributed by atoms with Crippen LogP contribution >= 0.6 is 12.2 Å².